The van der Waals surface area contributed by atoms with Crippen LogP contribution in [0.2, 0.25) is 0 Å². The van der Waals surface area contributed by atoms with Crippen LogP contribution in [-0.4, -0.2) is 10.9 Å². The molecule has 4 N–H and O–H groups in total. The molecule has 154 valence electrons. The van der Waals surface area contributed by atoms with Gasteiger partial charge >= 0.3 is 0 Å². The van der Waals surface area contributed by atoms with Crippen LogP contribution in [0.4, 0.5) is 4.39 Å². The highest BCUT2D eigenvalue weighted by molar-refractivity contribution is 5.95. The summed E-state index contributed by atoms with van der Waals surface area (Å²) < 4.78 is 13.1. The lowest BCUT2D eigenvalue weighted by Crippen LogP contribution is -2.27. The standard InChI is InChI=1S/C21H22FN3O.C2H6.3H2/c1-5-18(25-21(26)19(23)10-13(2)3)11-16-12-20(24-14(16)4)15-6-8-17(22)9-7-15;1-2;;;/h5-12,24H,1-2,23H2,3-4H3,(H,25,26);1-2H3;3*1H/b18-11+,19-10-;;;;. The Morgan fingerprint density at radius 1 is 1.29 bits per heavy atom. The molecule has 0 atom stereocenters. The number of H-pyrrole nitrogens is 1. The van der Waals surface area contributed by atoms with Gasteiger partial charge < -0.3 is 16.0 Å². The minimum atomic E-state index is -0.425. The van der Waals surface area contributed by atoms with Crippen LogP contribution in [0.15, 0.2) is 72.6 Å². The normalized spacial score (nSPS) is 11.3. The summed E-state index contributed by atoms with van der Waals surface area (Å²) in [5.74, 6) is -0.708. The van der Waals surface area contributed by atoms with Crippen molar-refractivity contribution < 1.29 is 13.5 Å². The van der Waals surface area contributed by atoms with Crippen molar-refractivity contribution in [3.8, 4) is 11.3 Å². The molecular weight excluding hydrogens is 353 g/mol. The molecule has 0 aliphatic carbocycles. The Bertz CT molecular complexity index is 917. The number of aromatic amines is 1. The van der Waals surface area contributed by atoms with E-state index < -0.39 is 5.91 Å². The highest BCUT2D eigenvalue weighted by Crippen LogP contribution is 2.23. The van der Waals surface area contributed by atoms with Crippen LogP contribution in [-0.2, 0) is 4.79 Å². The van der Waals surface area contributed by atoms with Gasteiger partial charge in [0.15, 0.2) is 0 Å². The molecule has 0 aliphatic rings. The number of benzene rings is 1. The fraction of sp³-hybridized carbons (Fsp3) is 0.174. The summed E-state index contributed by atoms with van der Waals surface area (Å²) in [5.41, 5.74) is 10.5. The zero-order valence-corrected chi connectivity index (χ0v) is 16.9. The summed E-state index contributed by atoms with van der Waals surface area (Å²) in [6.45, 7) is 15.1. The molecule has 2 rings (SSSR count). The van der Waals surface area contributed by atoms with E-state index in [1.807, 2.05) is 26.8 Å². The Morgan fingerprint density at radius 3 is 2.43 bits per heavy atom. The first-order chi connectivity index (χ1) is 13.3. The van der Waals surface area contributed by atoms with Crippen molar-refractivity contribution in [2.24, 2.45) is 5.73 Å². The highest BCUT2D eigenvalue weighted by atomic mass is 19.1. The third-order valence-electron chi connectivity index (χ3n) is 3.66. The number of carbonyl (C=O) groups excluding carboxylic acids is 1. The molecule has 1 aromatic heterocycles. The molecule has 5 heteroatoms. The predicted octanol–water partition coefficient (Wildman–Crippen LogP) is 5.96. The third kappa shape index (κ3) is 6.43. The lowest BCUT2D eigenvalue weighted by molar-refractivity contribution is -0.116. The van der Waals surface area contributed by atoms with E-state index in [2.05, 4.69) is 23.5 Å². The molecule has 0 fully saturated rings. The van der Waals surface area contributed by atoms with Gasteiger partial charge in [0.05, 0.1) is 5.70 Å². The summed E-state index contributed by atoms with van der Waals surface area (Å²) in [5, 5.41) is 2.71. The molecule has 1 amide bonds. The molecule has 1 aromatic carbocycles. The molecule has 0 spiro atoms. The Kier molecular flexibility index (Phi) is 8.69. The second kappa shape index (κ2) is 10.7. The SMILES string of the molecule is C=C/C(=C\c1cc(-c2ccc(F)cc2)[nH]c1C)NC(=O)/C(N)=C/C(=C)C.CC.[HH].[HH].[HH]. The molecule has 1 heterocycles. The lowest BCUT2D eigenvalue weighted by atomic mass is 10.1. The van der Waals surface area contributed by atoms with Gasteiger partial charge in [-0.05, 0) is 73.5 Å². The van der Waals surface area contributed by atoms with Crippen molar-refractivity contribution in [3.05, 3.63) is 89.7 Å². The van der Waals surface area contributed by atoms with E-state index in [9.17, 15) is 9.18 Å². The number of carbonyl (C=O) groups is 1. The molecule has 0 saturated heterocycles. The van der Waals surface area contributed by atoms with Gasteiger partial charge in [-0.1, -0.05) is 32.6 Å². The van der Waals surface area contributed by atoms with Gasteiger partial charge in [-0.25, -0.2) is 4.39 Å². The number of nitrogens with two attached hydrogens (primary N) is 1. The second-order valence-corrected chi connectivity index (χ2v) is 5.97. The number of rotatable bonds is 6. The van der Waals surface area contributed by atoms with E-state index >= 15 is 0 Å². The molecule has 2 aromatic rings. The summed E-state index contributed by atoms with van der Waals surface area (Å²) in [4.78, 5) is 15.4. The van der Waals surface area contributed by atoms with Crippen molar-refractivity contribution in [2.45, 2.75) is 27.7 Å². The van der Waals surface area contributed by atoms with Gasteiger partial charge in [0, 0.05) is 21.4 Å². The van der Waals surface area contributed by atoms with Crippen LogP contribution in [0.5, 0.6) is 0 Å². The minimum absolute atomic E-state index is 0. The van der Waals surface area contributed by atoms with Crippen LogP contribution in [0.25, 0.3) is 17.3 Å². The maximum Gasteiger partial charge on any atom is 0.271 e. The van der Waals surface area contributed by atoms with E-state index in [1.54, 1.807) is 25.1 Å². The van der Waals surface area contributed by atoms with E-state index in [-0.39, 0.29) is 15.8 Å². The lowest BCUT2D eigenvalue weighted by Gasteiger charge is -2.06. The number of aromatic nitrogens is 1. The Balaban J connectivity index is -0.00000152. The Labute approximate surface area is 170 Å². The van der Waals surface area contributed by atoms with E-state index in [1.165, 1.54) is 24.3 Å². The average molecular weight is 388 g/mol. The molecule has 0 bridgehead atoms. The molecule has 4 nitrogen and oxygen atoms in total. The van der Waals surface area contributed by atoms with Gasteiger partial charge in [0.25, 0.3) is 5.91 Å². The number of allylic oxidation sites excluding steroid dienone is 3. The van der Waals surface area contributed by atoms with Crippen LogP contribution >= 0.6 is 0 Å². The summed E-state index contributed by atoms with van der Waals surface area (Å²) >= 11 is 0. The summed E-state index contributed by atoms with van der Waals surface area (Å²) in [6.07, 6.45) is 4.83. The number of amides is 1. The largest absolute Gasteiger partial charge is 0.394 e. The molecule has 0 radical (unpaired) electrons. The molecule has 0 unspecified atom stereocenters. The van der Waals surface area contributed by atoms with Crippen LogP contribution in [0, 0.1) is 12.7 Å². The van der Waals surface area contributed by atoms with Gasteiger partial charge in [-0.3, -0.25) is 4.79 Å². The van der Waals surface area contributed by atoms with Crippen molar-refractivity contribution in [2.75, 3.05) is 0 Å². The quantitative estimate of drug-likeness (QED) is 0.423. The average Bonchev–Trinajstić information content (AvgIpc) is 3.03. The van der Waals surface area contributed by atoms with Gasteiger partial charge in [0.1, 0.15) is 5.82 Å². The van der Waals surface area contributed by atoms with Crippen molar-refractivity contribution in [1.29, 1.82) is 0 Å². The van der Waals surface area contributed by atoms with E-state index in [4.69, 9.17) is 5.73 Å². The Morgan fingerprint density at radius 2 is 1.89 bits per heavy atom. The highest BCUT2D eigenvalue weighted by Gasteiger charge is 2.09. The van der Waals surface area contributed by atoms with E-state index in [0.29, 0.717) is 11.3 Å². The maximum absolute atomic E-state index is 13.1. The predicted molar refractivity (Wildman–Crippen MR) is 122 cm³/mol. The first-order valence-corrected chi connectivity index (χ1v) is 9.04. The van der Waals surface area contributed by atoms with Crippen molar-refractivity contribution in [3.63, 3.8) is 0 Å². The monoisotopic (exact) mass is 387 g/mol. The van der Waals surface area contributed by atoms with Gasteiger partial charge in [-0.15, -0.1) is 0 Å². The zero-order valence-electron chi connectivity index (χ0n) is 16.9. The van der Waals surface area contributed by atoms with Crippen LogP contribution < -0.4 is 11.1 Å². The number of halogens is 1. The second-order valence-electron chi connectivity index (χ2n) is 5.97. The smallest absolute Gasteiger partial charge is 0.271 e. The van der Waals surface area contributed by atoms with Crippen molar-refractivity contribution >= 4 is 12.0 Å². The molecular formula is C23H34FN3O. The topological polar surface area (TPSA) is 70.9 Å². The summed E-state index contributed by atoms with van der Waals surface area (Å²) in [6, 6.07) is 8.15. The number of nitrogens with one attached hydrogen (secondary N) is 2. The number of hydrogen-bond acceptors (Lipinski definition) is 2. The zero-order chi connectivity index (χ0) is 21.3. The molecule has 0 saturated carbocycles. The fourth-order valence-electron chi connectivity index (χ4n) is 2.36. The number of aryl methyl sites for hydroxylation is 1. The first-order valence-electron chi connectivity index (χ1n) is 9.04. The first kappa shape index (κ1) is 22.7. The maximum atomic E-state index is 13.1. The molecule has 0 aliphatic heterocycles. The van der Waals surface area contributed by atoms with Crippen LogP contribution in [0.1, 0.15) is 36.3 Å². The van der Waals surface area contributed by atoms with Gasteiger partial charge in [-0.2, -0.15) is 0 Å². The number of hydrogen-bond donors (Lipinski definition) is 3. The molecule has 28 heavy (non-hydrogen) atoms. The minimum Gasteiger partial charge on any atom is -0.394 e. The summed E-state index contributed by atoms with van der Waals surface area (Å²) in [7, 11) is 0. The third-order valence-corrected chi connectivity index (χ3v) is 3.66. The van der Waals surface area contributed by atoms with Crippen molar-refractivity contribution in [1.82, 2.24) is 10.3 Å². The van der Waals surface area contributed by atoms with Crippen LogP contribution in [0.3, 0.4) is 0 Å². The fourth-order valence-corrected chi connectivity index (χ4v) is 2.36. The van der Waals surface area contributed by atoms with E-state index in [0.717, 1.165) is 22.5 Å². The van der Waals surface area contributed by atoms with Gasteiger partial charge in [0.2, 0.25) is 0 Å². The Hall–Kier alpha value is -3.34.